The van der Waals surface area contributed by atoms with Crippen molar-refractivity contribution in [1.29, 1.82) is 0 Å². The van der Waals surface area contributed by atoms with E-state index < -0.39 is 11.7 Å². The van der Waals surface area contributed by atoms with Gasteiger partial charge in [0.15, 0.2) is 0 Å². The second kappa shape index (κ2) is 5.72. The van der Waals surface area contributed by atoms with Crippen LogP contribution in [0.2, 0.25) is 0 Å². The largest absolute Gasteiger partial charge is 0.305 e. The van der Waals surface area contributed by atoms with Crippen molar-refractivity contribution in [2.24, 2.45) is 0 Å². The molecule has 1 aromatic carbocycles. The number of nitrogens with zero attached hydrogens (tertiary/aromatic N) is 4. The molecule has 0 bridgehead atoms. The Morgan fingerprint density at radius 3 is 2.82 bits per heavy atom. The zero-order chi connectivity index (χ0) is 15.5. The Morgan fingerprint density at radius 1 is 1.27 bits per heavy atom. The number of aryl methyl sites for hydroxylation is 1. The lowest BCUT2D eigenvalue weighted by molar-refractivity contribution is 0.102. The summed E-state index contributed by atoms with van der Waals surface area (Å²) in [5.74, 6) is -0.510. The van der Waals surface area contributed by atoms with E-state index in [1.807, 2.05) is 0 Å². The lowest BCUT2D eigenvalue weighted by Gasteiger charge is -2.09. The van der Waals surface area contributed by atoms with E-state index in [1.54, 1.807) is 31.2 Å². The smallest absolute Gasteiger partial charge is 0.277 e. The van der Waals surface area contributed by atoms with Gasteiger partial charge in [0.05, 0.1) is 11.9 Å². The molecule has 0 radical (unpaired) electrons. The second-order valence-corrected chi connectivity index (χ2v) is 4.58. The molecule has 0 saturated heterocycles. The molecule has 110 valence electrons. The second-order valence-electron chi connectivity index (χ2n) is 4.58. The molecule has 0 fully saturated rings. The summed E-state index contributed by atoms with van der Waals surface area (Å²) in [4.78, 5) is 19.9. The minimum Gasteiger partial charge on any atom is -0.305 e. The summed E-state index contributed by atoms with van der Waals surface area (Å²) in [6.07, 6.45) is 4.25. The van der Waals surface area contributed by atoms with Crippen LogP contribution in [-0.4, -0.2) is 25.7 Å². The van der Waals surface area contributed by atoms with Gasteiger partial charge in [-0.3, -0.25) is 9.78 Å². The van der Waals surface area contributed by atoms with Crippen LogP contribution in [-0.2, 0) is 0 Å². The maximum Gasteiger partial charge on any atom is 0.277 e. The summed E-state index contributed by atoms with van der Waals surface area (Å²) in [5.41, 5.74) is 1.07. The Morgan fingerprint density at radius 2 is 2.09 bits per heavy atom. The summed E-state index contributed by atoms with van der Waals surface area (Å²) in [5, 5.41) is 6.88. The van der Waals surface area contributed by atoms with Gasteiger partial charge in [-0.2, -0.15) is 5.10 Å². The molecule has 3 rings (SSSR count). The van der Waals surface area contributed by atoms with Crippen LogP contribution in [0.1, 0.15) is 16.2 Å². The first-order valence-corrected chi connectivity index (χ1v) is 6.54. The Hall–Kier alpha value is -3.09. The Kier molecular flexibility index (Phi) is 3.61. The van der Waals surface area contributed by atoms with Gasteiger partial charge < -0.3 is 5.32 Å². The topological polar surface area (TPSA) is 72.7 Å². The molecule has 0 saturated carbocycles. The van der Waals surface area contributed by atoms with Crippen molar-refractivity contribution >= 4 is 11.7 Å². The monoisotopic (exact) mass is 297 g/mol. The van der Waals surface area contributed by atoms with E-state index in [2.05, 4.69) is 20.4 Å². The van der Waals surface area contributed by atoms with Gasteiger partial charge in [0.25, 0.3) is 5.91 Å². The maximum absolute atomic E-state index is 13.9. The fraction of sp³-hybridized carbons (Fsp3) is 0.0667. The van der Waals surface area contributed by atoms with E-state index in [9.17, 15) is 9.18 Å². The predicted octanol–water partition coefficient (Wildman–Crippen LogP) is 2.36. The highest BCUT2D eigenvalue weighted by Crippen LogP contribution is 2.20. The molecule has 3 aromatic rings. The van der Waals surface area contributed by atoms with Crippen molar-refractivity contribution in [2.45, 2.75) is 6.92 Å². The Bertz CT molecular complexity index is 816. The summed E-state index contributed by atoms with van der Waals surface area (Å²) in [6.45, 7) is 1.76. The lowest BCUT2D eigenvalue weighted by atomic mass is 10.3. The normalized spacial score (nSPS) is 10.5. The third-order valence-corrected chi connectivity index (χ3v) is 2.95. The van der Waals surface area contributed by atoms with Gasteiger partial charge in [0.1, 0.15) is 23.0 Å². The van der Waals surface area contributed by atoms with E-state index in [-0.39, 0.29) is 11.4 Å². The number of benzene rings is 1. The number of amides is 1. The minimum absolute atomic E-state index is 0.168. The van der Waals surface area contributed by atoms with Gasteiger partial charge in [-0.1, -0.05) is 12.1 Å². The van der Waals surface area contributed by atoms with E-state index in [0.29, 0.717) is 11.5 Å². The molecule has 0 aliphatic heterocycles. The van der Waals surface area contributed by atoms with Crippen molar-refractivity contribution in [1.82, 2.24) is 19.7 Å². The van der Waals surface area contributed by atoms with Crippen LogP contribution < -0.4 is 5.32 Å². The number of nitrogens with one attached hydrogen (secondary N) is 1. The average Bonchev–Trinajstić information content (AvgIpc) is 2.89. The van der Waals surface area contributed by atoms with Crippen molar-refractivity contribution in [2.75, 3.05) is 5.32 Å². The minimum atomic E-state index is -0.439. The zero-order valence-corrected chi connectivity index (χ0v) is 11.7. The summed E-state index contributed by atoms with van der Waals surface area (Å²) < 4.78 is 15.3. The number of rotatable bonds is 3. The molecule has 6 nitrogen and oxygen atoms in total. The molecule has 0 unspecified atom stereocenters. The van der Waals surface area contributed by atoms with E-state index >= 15 is 0 Å². The number of halogens is 1. The number of aromatic nitrogens is 4. The fourth-order valence-corrected chi connectivity index (χ4v) is 1.99. The number of carbonyl (C=O) groups is 1. The van der Waals surface area contributed by atoms with E-state index in [0.717, 1.165) is 0 Å². The standard InChI is InChI=1S/C15H12FN5O/c1-10-8-14(19-15(22)12-9-17-6-7-18-12)21(20-10)13-5-3-2-4-11(13)16/h2-9H,1H3,(H,19,22). The van der Waals surface area contributed by atoms with Crippen molar-refractivity contribution in [3.8, 4) is 5.69 Å². The van der Waals surface area contributed by atoms with Gasteiger partial charge in [0, 0.05) is 18.5 Å². The van der Waals surface area contributed by atoms with Crippen LogP contribution in [0.25, 0.3) is 5.69 Å². The molecule has 0 atom stereocenters. The lowest BCUT2D eigenvalue weighted by Crippen LogP contribution is -2.17. The predicted molar refractivity (Wildman–Crippen MR) is 78.2 cm³/mol. The van der Waals surface area contributed by atoms with Crippen LogP contribution in [0.4, 0.5) is 10.2 Å². The molecule has 1 amide bonds. The summed E-state index contributed by atoms with van der Waals surface area (Å²) >= 11 is 0. The highest BCUT2D eigenvalue weighted by Gasteiger charge is 2.15. The molecule has 22 heavy (non-hydrogen) atoms. The number of hydrogen-bond acceptors (Lipinski definition) is 4. The van der Waals surface area contributed by atoms with E-state index in [1.165, 1.54) is 29.3 Å². The molecule has 0 aliphatic carbocycles. The number of carbonyl (C=O) groups excluding carboxylic acids is 1. The highest BCUT2D eigenvalue weighted by atomic mass is 19.1. The number of anilines is 1. The molecule has 0 spiro atoms. The molecular weight excluding hydrogens is 285 g/mol. The van der Waals surface area contributed by atoms with Gasteiger partial charge in [0.2, 0.25) is 0 Å². The highest BCUT2D eigenvalue weighted by molar-refractivity contribution is 6.02. The van der Waals surface area contributed by atoms with Crippen molar-refractivity contribution in [3.05, 3.63) is 66.1 Å². The van der Waals surface area contributed by atoms with Gasteiger partial charge in [-0.25, -0.2) is 14.1 Å². The summed E-state index contributed by atoms with van der Waals surface area (Å²) in [6, 6.07) is 7.86. The Balaban J connectivity index is 1.96. The number of para-hydroxylation sites is 1. The first kappa shape index (κ1) is 13.9. The van der Waals surface area contributed by atoms with Crippen LogP contribution in [0.3, 0.4) is 0 Å². The van der Waals surface area contributed by atoms with Crippen LogP contribution >= 0.6 is 0 Å². The first-order chi connectivity index (χ1) is 10.6. The van der Waals surface area contributed by atoms with Gasteiger partial charge in [-0.15, -0.1) is 0 Å². The Labute approximate surface area is 125 Å². The summed E-state index contributed by atoms with van der Waals surface area (Å²) in [7, 11) is 0. The molecule has 1 N–H and O–H groups in total. The average molecular weight is 297 g/mol. The third-order valence-electron chi connectivity index (χ3n) is 2.95. The SMILES string of the molecule is Cc1cc(NC(=O)c2cnccn2)n(-c2ccccc2F)n1. The van der Waals surface area contributed by atoms with E-state index in [4.69, 9.17) is 0 Å². The molecule has 7 heteroatoms. The van der Waals surface area contributed by atoms with Gasteiger partial charge in [-0.05, 0) is 19.1 Å². The maximum atomic E-state index is 13.9. The van der Waals surface area contributed by atoms with Crippen LogP contribution in [0.5, 0.6) is 0 Å². The molecular formula is C15H12FN5O. The van der Waals surface area contributed by atoms with Crippen molar-refractivity contribution in [3.63, 3.8) is 0 Å². The third kappa shape index (κ3) is 2.69. The quantitative estimate of drug-likeness (QED) is 0.805. The van der Waals surface area contributed by atoms with Crippen LogP contribution in [0, 0.1) is 12.7 Å². The first-order valence-electron chi connectivity index (χ1n) is 6.54. The molecule has 2 aromatic heterocycles. The zero-order valence-electron chi connectivity index (χ0n) is 11.7. The van der Waals surface area contributed by atoms with Gasteiger partial charge >= 0.3 is 0 Å². The van der Waals surface area contributed by atoms with Crippen LogP contribution in [0.15, 0.2) is 48.9 Å². The molecule has 0 aliphatic rings. The number of hydrogen-bond donors (Lipinski definition) is 1. The van der Waals surface area contributed by atoms with Crippen molar-refractivity contribution < 1.29 is 9.18 Å². The molecule has 2 heterocycles. The fourth-order valence-electron chi connectivity index (χ4n) is 1.99.